The second-order valence-corrected chi connectivity index (χ2v) is 7.34. The van der Waals surface area contributed by atoms with Crippen LogP contribution in [-0.4, -0.2) is 35.3 Å². The van der Waals surface area contributed by atoms with Gasteiger partial charge >= 0.3 is 0 Å². The minimum absolute atomic E-state index is 0.165. The van der Waals surface area contributed by atoms with Gasteiger partial charge in [-0.05, 0) is 55.2 Å². The third kappa shape index (κ3) is 4.00. The lowest BCUT2D eigenvalue weighted by Gasteiger charge is -2.23. The number of aromatic nitrogens is 1. The Labute approximate surface area is 162 Å². The molecule has 7 heteroatoms. The van der Waals surface area contributed by atoms with E-state index < -0.39 is 5.41 Å². The van der Waals surface area contributed by atoms with E-state index >= 15 is 0 Å². The fraction of sp³-hybridized carbons (Fsp3) is 0.316. The molecule has 0 radical (unpaired) electrons. The Bertz CT molecular complexity index is 823. The molecule has 1 aromatic carbocycles. The number of hydrogen-bond donors (Lipinski definition) is 1. The van der Waals surface area contributed by atoms with Gasteiger partial charge in [0.25, 0.3) is 0 Å². The normalized spacial score (nSPS) is 14.6. The maximum absolute atomic E-state index is 12.8. The number of pyridine rings is 1. The van der Waals surface area contributed by atoms with Crippen molar-refractivity contribution < 1.29 is 9.59 Å². The Morgan fingerprint density at radius 2 is 1.88 bits per heavy atom. The lowest BCUT2D eigenvalue weighted by molar-refractivity contribution is -0.141. The molecule has 136 valence electrons. The zero-order chi connectivity index (χ0) is 18.7. The Balaban J connectivity index is 1.64. The zero-order valence-electron chi connectivity index (χ0n) is 14.3. The molecule has 1 saturated carbocycles. The molecule has 26 heavy (non-hydrogen) atoms. The van der Waals surface area contributed by atoms with Crippen LogP contribution in [0.4, 0.5) is 5.69 Å². The largest absolute Gasteiger partial charge is 0.344 e. The molecule has 0 spiro atoms. The number of benzene rings is 1. The third-order valence-corrected chi connectivity index (χ3v) is 5.17. The molecule has 5 nitrogen and oxygen atoms in total. The number of likely N-dealkylation sites (N-methyl/N-ethyl adjacent to an activating group) is 1. The van der Waals surface area contributed by atoms with Crippen molar-refractivity contribution in [2.75, 3.05) is 18.9 Å². The van der Waals surface area contributed by atoms with Crippen LogP contribution in [0.3, 0.4) is 0 Å². The average Bonchev–Trinajstić information content (AvgIpc) is 3.45. The van der Waals surface area contributed by atoms with Gasteiger partial charge in [0.05, 0.1) is 10.7 Å². The summed E-state index contributed by atoms with van der Waals surface area (Å²) in [6, 6.07) is 8.67. The SMILES string of the molecule is CN(CCc1ccncc1)C(=O)C1(C(=O)Nc2cc(Cl)ccc2Cl)CC1. The van der Waals surface area contributed by atoms with Crippen molar-refractivity contribution in [3.63, 3.8) is 0 Å². The van der Waals surface area contributed by atoms with Gasteiger partial charge < -0.3 is 10.2 Å². The molecule has 0 atom stereocenters. The molecule has 2 amide bonds. The Kier molecular flexibility index (Phi) is 5.49. The van der Waals surface area contributed by atoms with Gasteiger partial charge in [-0.1, -0.05) is 23.2 Å². The summed E-state index contributed by atoms with van der Waals surface area (Å²) in [4.78, 5) is 31.1. The van der Waals surface area contributed by atoms with Crippen LogP contribution in [0.1, 0.15) is 18.4 Å². The predicted octanol–water partition coefficient (Wildman–Crippen LogP) is 3.81. The van der Waals surface area contributed by atoms with Gasteiger partial charge in [-0.2, -0.15) is 0 Å². The minimum atomic E-state index is -1.00. The highest BCUT2D eigenvalue weighted by Gasteiger charge is 2.57. The third-order valence-electron chi connectivity index (χ3n) is 4.60. The lowest BCUT2D eigenvalue weighted by Crippen LogP contribution is -2.41. The minimum Gasteiger partial charge on any atom is -0.344 e. The second-order valence-electron chi connectivity index (χ2n) is 6.49. The van der Waals surface area contributed by atoms with Gasteiger partial charge in [0.15, 0.2) is 0 Å². The molecule has 1 aliphatic carbocycles. The molecule has 0 bridgehead atoms. The van der Waals surface area contributed by atoms with Gasteiger partial charge in [0, 0.05) is 31.0 Å². The van der Waals surface area contributed by atoms with E-state index in [-0.39, 0.29) is 11.8 Å². The molecule has 1 aliphatic rings. The van der Waals surface area contributed by atoms with Gasteiger partial charge in [0.1, 0.15) is 5.41 Å². The number of carbonyl (C=O) groups is 2. The summed E-state index contributed by atoms with van der Waals surface area (Å²) >= 11 is 12.0. The molecule has 0 saturated heterocycles. The van der Waals surface area contributed by atoms with E-state index in [0.717, 1.165) is 5.56 Å². The van der Waals surface area contributed by atoms with Crippen LogP contribution in [-0.2, 0) is 16.0 Å². The predicted molar refractivity (Wildman–Crippen MR) is 102 cm³/mol. The van der Waals surface area contributed by atoms with Crippen molar-refractivity contribution in [2.24, 2.45) is 5.41 Å². The molecule has 1 heterocycles. The Morgan fingerprint density at radius 3 is 2.54 bits per heavy atom. The maximum Gasteiger partial charge on any atom is 0.240 e. The smallest absolute Gasteiger partial charge is 0.240 e. The molecular weight excluding hydrogens is 373 g/mol. The van der Waals surface area contributed by atoms with Crippen molar-refractivity contribution in [3.8, 4) is 0 Å². The van der Waals surface area contributed by atoms with Gasteiger partial charge in [-0.15, -0.1) is 0 Å². The molecule has 3 rings (SSSR count). The summed E-state index contributed by atoms with van der Waals surface area (Å²) in [6.45, 7) is 0.537. The number of amides is 2. The highest BCUT2D eigenvalue weighted by molar-refractivity contribution is 6.36. The first kappa shape index (κ1) is 18.7. The number of hydrogen-bond acceptors (Lipinski definition) is 3. The molecular formula is C19H19Cl2N3O2. The highest BCUT2D eigenvalue weighted by atomic mass is 35.5. The van der Waals surface area contributed by atoms with Crippen LogP contribution in [0.2, 0.25) is 10.0 Å². The van der Waals surface area contributed by atoms with E-state index in [1.54, 1.807) is 42.5 Å². The van der Waals surface area contributed by atoms with Crippen LogP contribution >= 0.6 is 23.2 Å². The number of rotatable bonds is 6. The Morgan fingerprint density at radius 1 is 1.19 bits per heavy atom. The van der Waals surface area contributed by atoms with Gasteiger partial charge in [0.2, 0.25) is 11.8 Å². The molecule has 1 fully saturated rings. The van der Waals surface area contributed by atoms with E-state index in [1.165, 1.54) is 0 Å². The first-order valence-electron chi connectivity index (χ1n) is 8.33. The van der Waals surface area contributed by atoms with Crippen molar-refractivity contribution >= 4 is 40.7 Å². The van der Waals surface area contributed by atoms with Crippen LogP contribution in [0.5, 0.6) is 0 Å². The highest BCUT2D eigenvalue weighted by Crippen LogP contribution is 2.48. The summed E-state index contributed by atoms with van der Waals surface area (Å²) in [7, 11) is 1.73. The number of nitrogens with one attached hydrogen (secondary N) is 1. The number of anilines is 1. The first-order chi connectivity index (χ1) is 12.4. The molecule has 0 aliphatic heterocycles. The number of halogens is 2. The summed E-state index contributed by atoms with van der Waals surface area (Å²) in [5.41, 5.74) is 0.515. The monoisotopic (exact) mass is 391 g/mol. The topological polar surface area (TPSA) is 62.3 Å². The van der Waals surface area contributed by atoms with Crippen molar-refractivity contribution in [1.82, 2.24) is 9.88 Å². The van der Waals surface area contributed by atoms with Crippen molar-refractivity contribution in [2.45, 2.75) is 19.3 Å². The number of nitrogens with zero attached hydrogens (tertiary/aromatic N) is 2. The number of carbonyl (C=O) groups excluding carboxylic acids is 2. The Hall–Kier alpha value is -2.11. The maximum atomic E-state index is 12.8. The molecule has 1 N–H and O–H groups in total. The van der Waals surface area contributed by atoms with Crippen LogP contribution in [0, 0.1) is 5.41 Å². The molecule has 2 aromatic rings. The van der Waals surface area contributed by atoms with Crippen LogP contribution in [0.15, 0.2) is 42.7 Å². The molecule has 0 unspecified atom stereocenters. The standard InChI is InChI=1S/C19H19Cl2N3O2/c1-24(11-6-13-4-9-22-10-5-13)18(26)19(7-8-19)17(25)23-16-12-14(20)2-3-15(16)21/h2-5,9-10,12H,6-8,11H2,1H3,(H,23,25). The quantitative estimate of drug-likeness (QED) is 0.761. The summed E-state index contributed by atoms with van der Waals surface area (Å²) in [5.74, 6) is -0.496. The summed E-state index contributed by atoms with van der Waals surface area (Å²) < 4.78 is 0. The van der Waals surface area contributed by atoms with Gasteiger partial charge in [-0.25, -0.2) is 0 Å². The van der Waals surface area contributed by atoms with Crippen LogP contribution in [0.25, 0.3) is 0 Å². The fourth-order valence-electron chi connectivity index (χ4n) is 2.81. The lowest BCUT2D eigenvalue weighted by atomic mass is 10.0. The average molecular weight is 392 g/mol. The summed E-state index contributed by atoms with van der Waals surface area (Å²) in [6.07, 6.45) is 5.23. The van der Waals surface area contributed by atoms with Crippen molar-refractivity contribution in [3.05, 3.63) is 58.3 Å². The van der Waals surface area contributed by atoms with Crippen LogP contribution < -0.4 is 5.32 Å². The van der Waals surface area contributed by atoms with Gasteiger partial charge in [-0.3, -0.25) is 14.6 Å². The first-order valence-corrected chi connectivity index (χ1v) is 9.09. The molecule has 1 aromatic heterocycles. The zero-order valence-corrected chi connectivity index (χ0v) is 15.8. The van der Waals surface area contributed by atoms with E-state index in [9.17, 15) is 9.59 Å². The van der Waals surface area contributed by atoms with E-state index in [4.69, 9.17) is 23.2 Å². The summed E-state index contributed by atoms with van der Waals surface area (Å²) in [5, 5.41) is 3.61. The van der Waals surface area contributed by atoms with Crippen molar-refractivity contribution in [1.29, 1.82) is 0 Å². The van der Waals surface area contributed by atoms with E-state index in [1.807, 2.05) is 12.1 Å². The fourth-order valence-corrected chi connectivity index (χ4v) is 3.15. The van der Waals surface area contributed by atoms with E-state index in [2.05, 4.69) is 10.3 Å². The van der Waals surface area contributed by atoms with E-state index in [0.29, 0.717) is 41.5 Å². The second kappa shape index (κ2) is 7.64.